The minimum absolute atomic E-state index is 0.0812. The third-order valence-electron chi connectivity index (χ3n) is 2.54. The van der Waals surface area contributed by atoms with E-state index in [2.05, 4.69) is 10.8 Å². The Morgan fingerprint density at radius 2 is 2.20 bits per heavy atom. The molecule has 1 aliphatic carbocycles. The predicted octanol–water partition coefficient (Wildman–Crippen LogP) is -1.31. The number of piperidine rings is 1. The van der Waals surface area contributed by atoms with Gasteiger partial charge in [0.25, 0.3) is 5.91 Å². The molecule has 84 valence electrons. The van der Waals surface area contributed by atoms with Crippen molar-refractivity contribution < 1.29 is 19.5 Å². The molecule has 2 amide bonds. The van der Waals surface area contributed by atoms with Gasteiger partial charge in [-0.05, 0) is 19.3 Å². The number of hydroxylamine groups is 1. The highest BCUT2D eigenvalue weighted by Crippen LogP contribution is 2.22. The fourth-order valence-corrected chi connectivity index (χ4v) is 1.48. The number of hydrogen-bond donors (Lipinski definition) is 3. The maximum Gasteiger partial charge on any atom is 0.258 e. The van der Waals surface area contributed by atoms with Gasteiger partial charge in [0.15, 0.2) is 0 Å². The molecule has 2 atom stereocenters. The van der Waals surface area contributed by atoms with Crippen molar-refractivity contribution in [1.29, 1.82) is 0 Å². The second-order valence-corrected chi connectivity index (χ2v) is 3.91. The van der Waals surface area contributed by atoms with Crippen LogP contribution in [0.4, 0.5) is 0 Å². The number of aliphatic hydroxyl groups is 1. The fourth-order valence-electron chi connectivity index (χ4n) is 1.48. The molecule has 15 heavy (non-hydrogen) atoms. The summed E-state index contributed by atoms with van der Waals surface area (Å²) in [7, 11) is 0. The maximum atomic E-state index is 11.5. The Labute approximate surface area is 86.9 Å². The SMILES string of the molecule is O=C1NCCC(O)C1C(=O)NOC1CC1. The Bertz CT molecular complexity index is 277. The second-order valence-electron chi connectivity index (χ2n) is 3.91. The smallest absolute Gasteiger partial charge is 0.258 e. The van der Waals surface area contributed by atoms with Gasteiger partial charge in [0, 0.05) is 6.54 Å². The summed E-state index contributed by atoms with van der Waals surface area (Å²) in [6.07, 6.45) is 1.42. The van der Waals surface area contributed by atoms with E-state index < -0.39 is 23.8 Å². The van der Waals surface area contributed by atoms with Crippen molar-refractivity contribution in [3.63, 3.8) is 0 Å². The summed E-state index contributed by atoms with van der Waals surface area (Å²) >= 11 is 0. The molecule has 6 heteroatoms. The Balaban J connectivity index is 1.87. The van der Waals surface area contributed by atoms with Gasteiger partial charge in [-0.15, -0.1) is 0 Å². The summed E-state index contributed by atoms with van der Waals surface area (Å²) in [6.45, 7) is 0.410. The number of carbonyl (C=O) groups excluding carboxylic acids is 2. The first-order chi connectivity index (χ1) is 7.18. The number of hydrogen-bond acceptors (Lipinski definition) is 4. The molecule has 0 aromatic carbocycles. The van der Waals surface area contributed by atoms with Gasteiger partial charge in [-0.2, -0.15) is 0 Å². The van der Waals surface area contributed by atoms with Crippen molar-refractivity contribution in [3.05, 3.63) is 0 Å². The molecular formula is C9H14N2O4. The third kappa shape index (κ3) is 2.45. The van der Waals surface area contributed by atoms with Crippen molar-refractivity contribution in [1.82, 2.24) is 10.8 Å². The highest BCUT2D eigenvalue weighted by molar-refractivity contribution is 6.01. The molecule has 0 bridgehead atoms. The van der Waals surface area contributed by atoms with E-state index in [1.165, 1.54) is 0 Å². The van der Waals surface area contributed by atoms with Crippen molar-refractivity contribution in [2.24, 2.45) is 5.92 Å². The van der Waals surface area contributed by atoms with E-state index in [1.54, 1.807) is 0 Å². The Morgan fingerprint density at radius 1 is 1.47 bits per heavy atom. The molecule has 6 nitrogen and oxygen atoms in total. The number of nitrogens with one attached hydrogen (secondary N) is 2. The molecule has 1 heterocycles. The highest BCUT2D eigenvalue weighted by atomic mass is 16.7. The van der Waals surface area contributed by atoms with E-state index in [0.29, 0.717) is 13.0 Å². The summed E-state index contributed by atoms with van der Waals surface area (Å²) in [5.74, 6) is -2.05. The lowest BCUT2D eigenvalue weighted by atomic mass is 9.95. The molecule has 2 aliphatic rings. The Kier molecular flexibility index (Phi) is 2.88. The topological polar surface area (TPSA) is 87.7 Å². The Hall–Kier alpha value is -1.14. The van der Waals surface area contributed by atoms with E-state index in [4.69, 9.17) is 4.84 Å². The first-order valence-electron chi connectivity index (χ1n) is 5.10. The Morgan fingerprint density at radius 3 is 2.80 bits per heavy atom. The lowest BCUT2D eigenvalue weighted by Gasteiger charge is -2.25. The molecule has 1 aliphatic heterocycles. The van der Waals surface area contributed by atoms with E-state index in [-0.39, 0.29) is 6.10 Å². The van der Waals surface area contributed by atoms with Crippen LogP contribution in [0.25, 0.3) is 0 Å². The first-order valence-corrected chi connectivity index (χ1v) is 5.10. The van der Waals surface area contributed by atoms with Gasteiger partial charge in [0.2, 0.25) is 5.91 Å². The molecule has 1 saturated carbocycles. The van der Waals surface area contributed by atoms with Crippen LogP contribution in [-0.4, -0.2) is 35.7 Å². The molecule has 1 saturated heterocycles. The average Bonchev–Trinajstić information content (AvgIpc) is 2.97. The highest BCUT2D eigenvalue weighted by Gasteiger charge is 2.37. The second kappa shape index (κ2) is 4.16. The van der Waals surface area contributed by atoms with Crippen LogP contribution in [0.2, 0.25) is 0 Å². The zero-order valence-corrected chi connectivity index (χ0v) is 8.23. The zero-order chi connectivity index (χ0) is 10.8. The summed E-state index contributed by atoms with van der Waals surface area (Å²) in [5, 5.41) is 12.0. The average molecular weight is 214 g/mol. The molecular weight excluding hydrogens is 200 g/mol. The third-order valence-corrected chi connectivity index (χ3v) is 2.54. The minimum Gasteiger partial charge on any atom is -0.392 e. The van der Waals surface area contributed by atoms with Gasteiger partial charge in [0.1, 0.15) is 5.92 Å². The molecule has 0 aromatic rings. The lowest BCUT2D eigenvalue weighted by molar-refractivity contribution is -0.151. The molecule has 2 fully saturated rings. The summed E-state index contributed by atoms with van der Waals surface area (Å²) in [4.78, 5) is 27.8. The number of aliphatic hydroxyl groups excluding tert-OH is 1. The van der Waals surface area contributed by atoms with Crippen molar-refractivity contribution in [3.8, 4) is 0 Å². The standard InChI is InChI=1S/C9H14N2O4/c12-6-3-4-10-8(13)7(6)9(14)11-15-5-1-2-5/h5-7,12H,1-4H2,(H,10,13)(H,11,14). The minimum atomic E-state index is -1.04. The van der Waals surface area contributed by atoms with Crippen LogP contribution < -0.4 is 10.8 Å². The molecule has 0 aromatic heterocycles. The quantitative estimate of drug-likeness (QED) is 0.402. The van der Waals surface area contributed by atoms with E-state index >= 15 is 0 Å². The van der Waals surface area contributed by atoms with Crippen LogP contribution in [0.3, 0.4) is 0 Å². The number of carbonyl (C=O) groups is 2. The normalized spacial score (nSPS) is 30.9. The van der Waals surface area contributed by atoms with Gasteiger partial charge >= 0.3 is 0 Å². The van der Waals surface area contributed by atoms with Gasteiger partial charge < -0.3 is 10.4 Å². The van der Waals surface area contributed by atoms with Crippen molar-refractivity contribution >= 4 is 11.8 Å². The van der Waals surface area contributed by atoms with E-state index in [0.717, 1.165) is 12.8 Å². The molecule has 2 rings (SSSR count). The van der Waals surface area contributed by atoms with Crippen LogP contribution >= 0.6 is 0 Å². The first kappa shape index (κ1) is 10.4. The molecule has 0 spiro atoms. The van der Waals surface area contributed by atoms with Gasteiger partial charge in [-0.25, -0.2) is 5.48 Å². The van der Waals surface area contributed by atoms with Crippen LogP contribution in [0.1, 0.15) is 19.3 Å². The lowest BCUT2D eigenvalue weighted by Crippen LogP contribution is -2.52. The summed E-state index contributed by atoms with van der Waals surface area (Å²) in [6, 6.07) is 0. The number of rotatable bonds is 3. The van der Waals surface area contributed by atoms with Gasteiger partial charge in [-0.1, -0.05) is 0 Å². The van der Waals surface area contributed by atoms with Crippen molar-refractivity contribution in [2.45, 2.75) is 31.5 Å². The van der Waals surface area contributed by atoms with Crippen molar-refractivity contribution in [2.75, 3.05) is 6.54 Å². The molecule has 2 unspecified atom stereocenters. The molecule has 3 N–H and O–H groups in total. The van der Waals surface area contributed by atoms with Crippen LogP contribution in [-0.2, 0) is 14.4 Å². The maximum absolute atomic E-state index is 11.5. The van der Waals surface area contributed by atoms with E-state index in [9.17, 15) is 14.7 Å². The number of amides is 2. The summed E-state index contributed by atoms with van der Waals surface area (Å²) < 4.78 is 0. The van der Waals surface area contributed by atoms with Crippen LogP contribution in [0, 0.1) is 5.92 Å². The monoisotopic (exact) mass is 214 g/mol. The fraction of sp³-hybridized carbons (Fsp3) is 0.778. The van der Waals surface area contributed by atoms with Gasteiger partial charge in [0.05, 0.1) is 12.2 Å². The zero-order valence-electron chi connectivity index (χ0n) is 8.23. The van der Waals surface area contributed by atoms with E-state index in [1.807, 2.05) is 0 Å². The van der Waals surface area contributed by atoms with Gasteiger partial charge in [-0.3, -0.25) is 14.4 Å². The predicted molar refractivity (Wildman–Crippen MR) is 49.4 cm³/mol. The summed E-state index contributed by atoms with van der Waals surface area (Å²) in [5.41, 5.74) is 2.22. The van der Waals surface area contributed by atoms with Crippen LogP contribution in [0.15, 0.2) is 0 Å². The molecule has 0 radical (unpaired) electrons. The largest absolute Gasteiger partial charge is 0.392 e. The van der Waals surface area contributed by atoms with Crippen LogP contribution in [0.5, 0.6) is 0 Å².